The topological polar surface area (TPSA) is 108 Å². The van der Waals surface area contributed by atoms with Crippen LogP contribution in [0.4, 0.5) is 22.0 Å². The van der Waals surface area contributed by atoms with E-state index in [0.717, 1.165) is 0 Å². The zero-order valence-corrected chi connectivity index (χ0v) is 18.8. The number of aromatic amines is 1. The summed E-state index contributed by atoms with van der Waals surface area (Å²) in [4.78, 5) is 17.3. The second-order valence-corrected chi connectivity index (χ2v) is 9.98. The van der Waals surface area contributed by atoms with Crippen LogP contribution in [0, 0.1) is 6.92 Å². The molecule has 0 radical (unpaired) electrons. The number of thiophene rings is 1. The number of halogens is 6. The standard InChI is InChI=1S/C16H14BrF5N3O4PS/c1-7-12(24-25-23-7)8-5-9-11(17)14(16(21,22)30(26,27)28)31-13(9)10(6-8)29-4-2-3-15(18,19)20/h5-6H,2-4H2,1H3,(H,23,24,25)(H2,26,27,28). The maximum atomic E-state index is 14.4. The van der Waals surface area contributed by atoms with Gasteiger partial charge in [-0.1, -0.05) is 5.21 Å². The Morgan fingerprint density at radius 1 is 1.26 bits per heavy atom. The maximum Gasteiger partial charge on any atom is 0.400 e. The third-order valence-corrected chi connectivity index (χ3v) is 7.69. The molecule has 0 unspecified atom stereocenters. The van der Waals surface area contributed by atoms with Gasteiger partial charge in [-0.05, 0) is 41.4 Å². The fourth-order valence-electron chi connectivity index (χ4n) is 2.73. The van der Waals surface area contributed by atoms with Gasteiger partial charge in [-0.15, -0.1) is 16.4 Å². The zero-order valence-electron chi connectivity index (χ0n) is 15.5. The molecular weight excluding hydrogens is 536 g/mol. The van der Waals surface area contributed by atoms with Crippen LogP contribution in [0.15, 0.2) is 16.6 Å². The molecule has 15 heteroatoms. The summed E-state index contributed by atoms with van der Waals surface area (Å²) in [5.74, 6) is -0.0119. The van der Waals surface area contributed by atoms with Crippen molar-refractivity contribution in [2.75, 3.05) is 6.61 Å². The molecule has 0 saturated heterocycles. The summed E-state index contributed by atoms with van der Waals surface area (Å²) >= 11 is 3.36. The number of aryl methyl sites for hydroxylation is 1. The highest BCUT2D eigenvalue weighted by atomic mass is 79.9. The summed E-state index contributed by atoms with van der Waals surface area (Å²) in [6, 6.07) is 2.88. The molecule has 0 spiro atoms. The van der Waals surface area contributed by atoms with Gasteiger partial charge in [-0.25, -0.2) is 0 Å². The van der Waals surface area contributed by atoms with Gasteiger partial charge in [-0.3, -0.25) is 9.66 Å². The third kappa shape index (κ3) is 4.92. The van der Waals surface area contributed by atoms with E-state index in [1.165, 1.54) is 12.1 Å². The summed E-state index contributed by atoms with van der Waals surface area (Å²) in [7, 11) is -5.85. The molecule has 1 aromatic carbocycles. The van der Waals surface area contributed by atoms with Gasteiger partial charge in [0.15, 0.2) is 0 Å². The first-order valence-corrected chi connectivity index (χ1v) is 11.7. The summed E-state index contributed by atoms with van der Waals surface area (Å²) < 4.78 is 82.6. The molecule has 2 aromatic heterocycles. The molecule has 0 atom stereocenters. The molecule has 0 fully saturated rings. The number of fused-ring (bicyclic) bond motifs is 1. The van der Waals surface area contributed by atoms with Crippen LogP contribution in [0.3, 0.4) is 0 Å². The van der Waals surface area contributed by atoms with Gasteiger partial charge in [0.25, 0.3) is 0 Å². The minimum absolute atomic E-state index is 0.0119. The second-order valence-electron chi connectivity index (χ2n) is 6.52. The number of hydrogen-bond donors (Lipinski definition) is 3. The van der Waals surface area contributed by atoms with Gasteiger partial charge in [-0.2, -0.15) is 22.0 Å². The number of ether oxygens (including phenoxy) is 1. The Morgan fingerprint density at radius 3 is 2.48 bits per heavy atom. The van der Waals surface area contributed by atoms with Crippen molar-refractivity contribution >= 4 is 44.9 Å². The Kier molecular flexibility index (Phi) is 6.51. The Hall–Kier alpha value is -1.60. The van der Waals surface area contributed by atoms with E-state index in [9.17, 15) is 26.5 Å². The fourth-order valence-corrected chi connectivity index (χ4v) is 5.70. The summed E-state index contributed by atoms with van der Waals surface area (Å²) in [5, 5.41) is 10.2. The van der Waals surface area contributed by atoms with Crippen LogP contribution < -0.4 is 4.74 Å². The predicted molar refractivity (Wildman–Crippen MR) is 106 cm³/mol. The van der Waals surface area contributed by atoms with Crippen LogP contribution >= 0.6 is 34.9 Å². The van der Waals surface area contributed by atoms with Crippen molar-refractivity contribution in [3.63, 3.8) is 0 Å². The van der Waals surface area contributed by atoms with Crippen LogP contribution in [0.25, 0.3) is 21.3 Å². The van der Waals surface area contributed by atoms with E-state index in [-0.39, 0.29) is 33.3 Å². The van der Waals surface area contributed by atoms with Gasteiger partial charge in [0.1, 0.15) is 10.6 Å². The number of alkyl halides is 5. The molecule has 2 heterocycles. The van der Waals surface area contributed by atoms with Gasteiger partial charge in [0, 0.05) is 21.8 Å². The summed E-state index contributed by atoms with van der Waals surface area (Å²) in [6.07, 6.45) is -5.82. The Balaban J connectivity index is 2.12. The SMILES string of the molecule is Cc1nn[nH]c1-c1cc(OCCCC(F)(F)F)c2sc(C(F)(F)P(=O)(O)O)c(Br)c2c1. The predicted octanol–water partition coefficient (Wildman–Crippen LogP) is 5.71. The molecule has 31 heavy (non-hydrogen) atoms. The minimum Gasteiger partial charge on any atom is -0.492 e. The first-order valence-electron chi connectivity index (χ1n) is 8.50. The van der Waals surface area contributed by atoms with E-state index >= 15 is 0 Å². The smallest absolute Gasteiger partial charge is 0.400 e. The Bertz CT molecular complexity index is 1160. The molecule has 3 rings (SSSR count). The van der Waals surface area contributed by atoms with E-state index < -0.39 is 30.7 Å². The third-order valence-electron chi connectivity index (χ3n) is 4.21. The molecule has 0 saturated carbocycles. The summed E-state index contributed by atoms with van der Waals surface area (Å²) in [6.45, 7) is 1.28. The summed E-state index contributed by atoms with van der Waals surface area (Å²) in [5.41, 5.74) is -3.20. The van der Waals surface area contributed by atoms with Crippen molar-refractivity contribution in [3.8, 4) is 17.0 Å². The van der Waals surface area contributed by atoms with Crippen LogP contribution in [0.2, 0.25) is 0 Å². The van der Waals surface area contributed by atoms with Crippen molar-refractivity contribution in [2.24, 2.45) is 0 Å². The van der Waals surface area contributed by atoms with Crippen LogP contribution in [0.5, 0.6) is 5.75 Å². The normalized spacial score (nSPS) is 13.2. The molecule has 3 N–H and O–H groups in total. The Labute approximate surface area is 183 Å². The second kappa shape index (κ2) is 8.39. The minimum atomic E-state index is -5.85. The zero-order chi connectivity index (χ0) is 23.2. The van der Waals surface area contributed by atoms with Gasteiger partial charge >= 0.3 is 19.4 Å². The van der Waals surface area contributed by atoms with Gasteiger partial charge in [0.2, 0.25) is 0 Å². The van der Waals surface area contributed by atoms with E-state index in [4.69, 9.17) is 14.5 Å². The number of nitrogens with zero attached hydrogens (tertiary/aromatic N) is 2. The molecular formula is C16H14BrF5N3O4PS. The number of hydrogen-bond acceptors (Lipinski definition) is 5. The molecule has 0 bridgehead atoms. The highest BCUT2D eigenvalue weighted by Gasteiger charge is 2.53. The average Bonchev–Trinajstić information content (AvgIpc) is 3.21. The highest BCUT2D eigenvalue weighted by molar-refractivity contribution is 9.10. The average molecular weight is 550 g/mol. The van der Waals surface area contributed by atoms with Crippen LogP contribution in [0.1, 0.15) is 23.4 Å². The van der Waals surface area contributed by atoms with Gasteiger partial charge < -0.3 is 14.5 Å². The number of nitrogens with one attached hydrogen (secondary N) is 1. The lowest BCUT2D eigenvalue weighted by Gasteiger charge is -2.16. The number of aromatic nitrogens is 3. The lowest BCUT2D eigenvalue weighted by atomic mass is 10.1. The largest absolute Gasteiger partial charge is 0.492 e. The first kappa shape index (κ1) is 24.1. The molecule has 0 aliphatic rings. The number of H-pyrrole nitrogens is 1. The van der Waals surface area contributed by atoms with E-state index in [1.807, 2.05) is 0 Å². The Morgan fingerprint density at radius 2 is 1.94 bits per heavy atom. The first-order chi connectivity index (χ1) is 14.2. The van der Waals surface area contributed by atoms with E-state index in [1.54, 1.807) is 6.92 Å². The maximum absolute atomic E-state index is 14.4. The highest BCUT2D eigenvalue weighted by Crippen LogP contribution is 2.63. The number of rotatable bonds is 7. The van der Waals surface area contributed by atoms with E-state index in [0.29, 0.717) is 28.3 Å². The quantitative estimate of drug-likeness (QED) is 0.198. The molecule has 0 aliphatic heterocycles. The van der Waals surface area contributed by atoms with Crippen molar-refractivity contribution in [3.05, 3.63) is 27.2 Å². The number of benzene rings is 1. The molecule has 3 aromatic rings. The lowest BCUT2D eigenvalue weighted by Crippen LogP contribution is -2.12. The van der Waals surface area contributed by atoms with Crippen molar-refractivity contribution in [1.82, 2.24) is 15.4 Å². The fraction of sp³-hybridized carbons (Fsp3) is 0.375. The molecule has 170 valence electrons. The van der Waals surface area contributed by atoms with Crippen molar-refractivity contribution in [1.29, 1.82) is 0 Å². The van der Waals surface area contributed by atoms with Gasteiger partial charge in [0.05, 0.1) is 22.7 Å². The monoisotopic (exact) mass is 549 g/mol. The molecule has 0 aliphatic carbocycles. The van der Waals surface area contributed by atoms with Crippen LogP contribution in [-0.2, 0) is 10.2 Å². The van der Waals surface area contributed by atoms with Crippen molar-refractivity contribution < 1.29 is 41.0 Å². The lowest BCUT2D eigenvalue weighted by molar-refractivity contribution is -0.136. The van der Waals surface area contributed by atoms with Crippen molar-refractivity contribution in [2.45, 2.75) is 31.6 Å². The van der Waals surface area contributed by atoms with Crippen LogP contribution in [-0.4, -0.2) is 38.0 Å². The molecule has 7 nitrogen and oxygen atoms in total. The molecule has 0 amide bonds. The van der Waals surface area contributed by atoms with E-state index in [2.05, 4.69) is 31.3 Å².